The molecule has 1 heterocycles. The average Bonchev–Trinajstić information content (AvgIpc) is 2.54. The lowest BCUT2D eigenvalue weighted by Crippen LogP contribution is -2.08. The third-order valence-electron chi connectivity index (χ3n) is 1.30. The molecule has 0 aliphatic rings. The van der Waals surface area contributed by atoms with Crippen LogP contribution in [-0.2, 0) is 6.18 Å². The van der Waals surface area contributed by atoms with Crippen molar-refractivity contribution >= 4 is 23.1 Å². The molecule has 0 saturated heterocycles. The summed E-state index contributed by atoms with van der Waals surface area (Å²) in [4.78, 5) is 3.20. The standard InChI is InChI=1S/C6H3ClF3N3S/c7-1-3(2-11)4-12-5(13-14-4)6(8,9)10/h3H,1H2. The van der Waals surface area contributed by atoms with Crippen molar-refractivity contribution in [3.63, 3.8) is 0 Å². The summed E-state index contributed by atoms with van der Waals surface area (Å²) in [7, 11) is 0. The van der Waals surface area contributed by atoms with Crippen LogP contribution in [0.5, 0.6) is 0 Å². The summed E-state index contributed by atoms with van der Waals surface area (Å²) in [6.07, 6.45) is -4.57. The average molecular weight is 242 g/mol. The van der Waals surface area contributed by atoms with Crippen LogP contribution in [0.2, 0.25) is 0 Å². The molecule has 0 saturated carbocycles. The van der Waals surface area contributed by atoms with Gasteiger partial charge in [-0.2, -0.15) is 22.8 Å². The number of nitrogens with zero attached hydrogens (tertiary/aromatic N) is 3. The zero-order valence-electron chi connectivity index (χ0n) is 6.55. The van der Waals surface area contributed by atoms with Gasteiger partial charge in [-0.05, 0) is 11.5 Å². The predicted molar refractivity (Wildman–Crippen MR) is 44.0 cm³/mol. The summed E-state index contributed by atoms with van der Waals surface area (Å²) in [5.74, 6) is -2.14. The number of aromatic nitrogens is 2. The Kier molecular flexibility index (Phi) is 3.29. The minimum Gasteiger partial charge on any atom is -0.215 e. The van der Waals surface area contributed by atoms with Crippen molar-refractivity contribution in [3.8, 4) is 6.07 Å². The van der Waals surface area contributed by atoms with Gasteiger partial charge in [-0.15, -0.1) is 11.6 Å². The summed E-state index contributed by atoms with van der Waals surface area (Å²) >= 11 is 5.91. The number of nitriles is 1. The van der Waals surface area contributed by atoms with Gasteiger partial charge in [0.1, 0.15) is 10.9 Å². The van der Waals surface area contributed by atoms with E-state index < -0.39 is 17.9 Å². The molecule has 1 aromatic heterocycles. The van der Waals surface area contributed by atoms with Crippen LogP contribution in [0.3, 0.4) is 0 Å². The zero-order chi connectivity index (χ0) is 10.8. The number of hydrogen-bond donors (Lipinski definition) is 0. The number of alkyl halides is 4. The van der Waals surface area contributed by atoms with Crippen molar-refractivity contribution in [2.75, 3.05) is 5.88 Å². The Bertz CT molecular complexity index is 356. The van der Waals surface area contributed by atoms with E-state index in [0.717, 1.165) is 0 Å². The first-order valence-electron chi connectivity index (χ1n) is 3.35. The van der Waals surface area contributed by atoms with Crippen molar-refractivity contribution in [2.45, 2.75) is 12.1 Å². The third-order valence-corrected chi connectivity index (χ3v) is 2.44. The maximum Gasteiger partial charge on any atom is 0.452 e. The first kappa shape index (κ1) is 11.2. The van der Waals surface area contributed by atoms with Crippen molar-refractivity contribution in [3.05, 3.63) is 10.8 Å². The Labute approximate surface area is 86.3 Å². The molecule has 0 aliphatic heterocycles. The maximum absolute atomic E-state index is 12.0. The van der Waals surface area contributed by atoms with E-state index in [9.17, 15) is 13.2 Å². The molecular formula is C6H3ClF3N3S. The van der Waals surface area contributed by atoms with E-state index in [1.165, 1.54) is 0 Å². The first-order chi connectivity index (χ1) is 6.49. The van der Waals surface area contributed by atoms with Gasteiger partial charge in [0.15, 0.2) is 0 Å². The largest absolute Gasteiger partial charge is 0.452 e. The molecule has 1 rings (SSSR count). The molecule has 14 heavy (non-hydrogen) atoms. The van der Waals surface area contributed by atoms with Gasteiger partial charge >= 0.3 is 6.18 Å². The number of halogens is 4. The van der Waals surface area contributed by atoms with Crippen LogP contribution in [-0.4, -0.2) is 15.2 Å². The second-order valence-electron chi connectivity index (χ2n) is 2.29. The monoisotopic (exact) mass is 241 g/mol. The van der Waals surface area contributed by atoms with Crippen LogP contribution in [0, 0.1) is 11.3 Å². The second-order valence-corrected chi connectivity index (χ2v) is 3.38. The first-order valence-corrected chi connectivity index (χ1v) is 4.66. The molecule has 0 spiro atoms. The van der Waals surface area contributed by atoms with Gasteiger partial charge in [-0.3, -0.25) is 0 Å². The second kappa shape index (κ2) is 4.11. The van der Waals surface area contributed by atoms with Crippen molar-refractivity contribution in [1.29, 1.82) is 5.26 Å². The summed E-state index contributed by atoms with van der Waals surface area (Å²) in [6, 6.07) is 1.74. The van der Waals surface area contributed by atoms with Crippen LogP contribution in [0.15, 0.2) is 0 Å². The van der Waals surface area contributed by atoms with E-state index in [-0.39, 0.29) is 10.9 Å². The summed E-state index contributed by atoms with van der Waals surface area (Å²) in [5.41, 5.74) is 0. The molecule has 0 amide bonds. The van der Waals surface area contributed by atoms with E-state index in [2.05, 4.69) is 9.36 Å². The number of hydrogen-bond acceptors (Lipinski definition) is 4. The van der Waals surface area contributed by atoms with E-state index in [4.69, 9.17) is 16.9 Å². The molecule has 1 aromatic rings. The van der Waals surface area contributed by atoms with E-state index >= 15 is 0 Å². The maximum atomic E-state index is 12.0. The molecule has 1 atom stereocenters. The molecule has 8 heteroatoms. The van der Waals surface area contributed by atoms with Crippen LogP contribution in [0.1, 0.15) is 16.7 Å². The fraction of sp³-hybridized carbons (Fsp3) is 0.500. The Balaban J connectivity index is 2.94. The van der Waals surface area contributed by atoms with E-state index in [1.807, 2.05) is 0 Å². The van der Waals surface area contributed by atoms with Crippen LogP contribution in [0.25, 0.3) is 0 Å². The highest BCUT2D eigenvalue weighted by molar-refractivity contribution is 7.05. The fourth-order valence-corrected chi connectivity index (χ4v) is 1.67. The Hall–Kier alpha value is -0.870. The van der Waals surface area contributed by atoms with Gasteiger partial charge in [0.2, 0.25) is 5.82 Å². The molecule has 0 N–H and O–H groups in total. The molecule has 0 radical (unpaired) electrons. The molecule has 0 aliphatic carbocycles. The van der Waals surface area contributed by atoms with Gasteiger partial charge < -0.3 is 0 Å². The molecular weight excluding hydrogens is 239 g/mol. The van der Waals surface area contributed by atoms with Gasteiger partial charge in [0.05, 0.1) is 6.07 Å². The van der Waals surface area contributed by atoms with Crippen molar-refractivity contribution in [1.82, 2.24) is 9.36 Å². The van der Waals surface area contributed by atoms with Crippen molar-refractivity contribution in [2.24, 2.45) is 0 Å². The van der Waals surface area contributed by atoms with Crippen molar-refractivity contribution < 1.29 is 13.2 Å². The SMILES string of the molecule is N#CC(CCl)c1nc(C(F)(F)F)ns1. The minimum absolute atomic E-state index is 0.00479. The lowest BCUT2D eigenvalue weighted by molar-refractivity contribution is -0.144. The highest BCUT2D eigenvalue weighted by Gasteiger charge is 2.36. The normalized spacial score (nSPS) is 13.6. The zero-order valence-corrected chi connectivity index (χ0v) is 8.12. The lowest BCUT2D eigenvalue weighted by atomic mass is 10.2. The molecule has 0 fully saturated rings. The van der Waals surface area contributed by atoms with Crippen LogP contribution < -0.4 is 0 Å². The molecule has 1 unspecified atom stereocenters. The Morgan fingerprint density at radius 2 is 2.21 bits per heavy atom. The molecule has 76 valence electrons. The van der Waals surface area contributed by atoms with Gasteiger partial charge in [0, 0.05) is 5.88 Å². The minimum atomic E-state index is -4.57. The lowest BCUT2D eigenvalue weighted by Gasteiger charge is -1.99. The van der Waals surface area contributed by atoms with E-state index in [0.29, 0.717) is 11.5 Å². The topological polar surface area (TPSA) is 49.6 Å². The summed E-state index contributed by atoms with van der Waals surface area (Å²) < 4.78 is 39.2. The molecule has 0 aromatic carbocycles. The Morgan fingerprint density at radius 3 is 2.57 bits per heavy atom. The molecule has 0 bridgehead atoms. The van der Waals surface area contributed by atoms with Crippen LogP contribution in [0.4, 0.5) is 13.2 Å². The number of rotatable bonds is 2. The smallest absolute Gasteiger partial charge is 0.215 e. The van der Waals surface area contributed by atoms with Crippen LogP contribution >= 0.6 is 23.1 Å². The highest BCUT2D eigenvalue weighted by Crippen LogP contribution is 2.29. The quantitative estimate of drug-likeness (QED) is 0.747. The predicted octanol–water partition coefficient (Wildman–Crippen LogP) is 2.40. The van der Waals surface area contributed by atoms with Gasteiger partial charge in [0.25, 0.3) is 0 Å². The van der Waals surface area contributed by atoms with Gasteiger partial charge in [-0.25, -0.2) is 4.98 Å². The fourth-order valence-electron chi connectivity index (χ4n) is 0.648. The summed E-state index contributed by atoms with van der Waals surface area (Å²) in [5, 5.41) is 8.51. The third kappa shape index (κ3) is 2.33. The molecule has 3 nitrogen and oxygen atoms in total. The van der Waals surface area contributed by atoms with Gasteiger partial charge in [-0.1, -0.05) is 0 Å². The summed E-state index contributed by atoms with van der Waals surface area (Å²) in [6.45, 7) is 0. The highest BCUT2D eigenvalue weighted by atomic mass is 35.5. The van der Waals surface area contributed by atoms with E-state index in [1.54, 1.807) is 6.07 Å². The Morgan fingerprint density at radius 1 is 1.57 bits per heavy atom.